The van der Waals surface area contributed by atoms with Crippen LogP contribution in [0.1, 0.15) is 17.5 Å². The standard InChI is InChI=1S/C19H20N2O5S/c1-21-16-5-4-15(11-14(16)3-7-19(21)22)27(23,24)20-9-8-13-2-6-17-18(10-13)26-12-25-17/h2,4-6,10-11,20H,3,7-9,12H2,1H3. The van der Waals surface area contributed by atoms with Gasteiger partial charge in [-0.25, -0.2) is 13.1 Å². The number of hydrogen-bond donors (Lipinski definition) is 1. The van der Waals surface area contributed by atoms with Crippen molar-refractivity contribution in [2.45, 2.75) is 24.2 Å². The molecule has 0 atom stereocenters. The van der Waals surface area contributed by atoms with E-state index in [1.54, 1.807) is 24.1 Å². The van der Waals surface area contributed by atoms with Crippen LogP contribution < -0.4 is 19.1 Å². The molecule has 0 radical (unpaired) electrons. The van der Waals surface area contributed by atoms with Crippen LogP contribution in [0.15, 0.2) is 41.3 Å². The van der Waals surface area contributed by atoms with Crippen LogP contribution in [0, 0.1) is 0 Å². The van der Waals surface area contributed by atoms with Crippen molar-refractivity contribution < 1.29 is 22.7 Å². The summed E-state index contributed by atoms with van der Waals surface area (Å²) >= 11 is 0. The lowest BCUT2D eigenvalue weighted by atomic mass is 10.0. The minimum Gasteiger partial charge on any atom is -0.454 e. The van der Waals surface area contributed by atoms with Gasteiger partial charge < -0.3 is 14.4 Å². The number of anilines is 1. The van der Waals surface area contributed by atoms with Crippen LogP contribution in [0.3, 0.4) is 0 Å². The van der Waals surface area contributed by atoms with E-state index >= 15 is 0 Å². The molecule has 0 saturated heterocycles. The fraction of sp³-hybridized carbons (Fsp3) is 0.316. The number of carbonyl (C=O) groups is 1. The number of nitrogens with one attached hydrogen (secondary N) is 1. The van der Waals surface area contributed by atoms with Gasteiger partial charge in [0.2, 0.25) is 22.7 Å². The molecule has 27 heavy (non-hydrogen) atoms. The van der Waals surface area contributed by atoms with Crippen molar-refractivity contribution in [1.82, 2.24) is 4.72 Å². The number of amides is 1. The van der Waals surface area contributed by atoms with Crippen LogP contribution >= 0.6 is 0 Å². The Morgan fingerprint density at radius 1 is 1.07 bits per heavy atom. The van der Waals surface area contributed by atoms with E-state index in [2.05, 4.69) is 4.72 Å². The Bertz CT molecular complexity index is 1000. The summed E-state index contributed by atoms with van der Waals surface area (Å²) in [5.74, 6) is 1.43. The number of sulfonamides is 1. The molecule has 2 aromatic rings. The zero-order valence-electron chi connectivity index (χ0n) is 14.9. The highest BCUT2D eigenvalue weighted by Gasteiger charge is 2.23. The molecule has 2 aromatic carbocycles. The molecule has 0 spiro atoms. The molecular weight excluding hydrogens is 368 g/mol. The van der Waals surface area contributed by atoms with Gasteiger partial charge in [0.05, 0.1) is 4.90 Å². The normalized spacial score (nSPS) is 15.7. The van der Waals surface area contributed by atoms with Gasteiger partial charge in [-0.2, -0.15) is 0 Å². The maximum atomic E-state index is 12.6. The summed E-state index contributed by atoms with van der Waals surface area (Å²) in [5.41, 5.74) is 2.61. The number of fused-ring (bicyclic) bond motifs is 2. The van der Waals surface area contributed by atoms with Crippen LogP contribution in [-0.2, 0) is 27.7 Å². The van der Waals surface area contributed by atoms with Gasteiger partial charge in [0, 0.05) is 25.7 Å². The molecule has 1 amide bonds. The Morgan fingerprint density at radius 2 is 1.89 bits per heavy atom. The zero-order chi connectivity index (χ0) is 19.0. The molecule has 0 fully saturated rings. The van der Waals surface area contributed by atoms with Crippen LogP contribution in [0.25, 0.3) is 0 Å². The first kappa shape index (κ1) is 17.8. The lowest BCUT2D eigenvalue weighted by molar-refractivity contribution is -0.118. The average molecular weight is 388 g/mol. The highest BCUT2D eigenvalue weighted by Crippen LogP contribution is 2.32. The van der Waals surface area contributed by atoms with Crippen LogP contribution in [-0.4, -0.2) is 34.7 Å². The molecule has 7 nitrogen and oxygen atoms in total. The third kappa shape index (κ3) is 3.50. The van der Waals surface area contributed by atoms with Crippen molar-refractivity contribution in [2.24, 2.45) is 0 Å². The molecule has 4 rings (SSSR count). The van der Waals surface area contributed by atoms with E-state index < -0.39 is 10.0 Å². The van der Waals surface area contributed by atoms with Crippen molar-refractivity contribution in [3.8, 4) is 11.5 Å². The first-order chi connectivity index (χ1) is 12.9. The molecule has 0 saturated carbocycles. The summed E-state index contributed by atoms with van der Waals surface area (Å²) < 4.78 is 38.5. The van der Waals surface area contributed by atoms with Crippen molar-refractivity contribution in [1.29, 1.82) is 0 Å². The van der Waals surface area contributed by atoms with Gasteiger partial charge in [-0.15, -0.1) is 0 Å². The highest BCUT2D eigenvalue weighted by atomic mass is 32.2. The first-order valence-electron chi connectivity index (χ1n) is 8.72. The van der Waals surface area contributed by atoms with Crippen LogP contribution in [0.2, 0.25) is 0 Å². The Labute approximate surface area is 157 Å². The summed E-state index contributed by atoms with van der Waals surface area (Å²) in [7, 11) is -1.91. The summed E-state index contributed by atoms with van der Waals surface area (Å²) in [6.45, 7) is 0.488. The number of aryl methyl sites for hydroxylation is 1. The number of benzene rings is 2. The quantitative estimate of drug-likeness (QED) is 0.845. The largest absolute Gasteiger partial charge is 0.454 e. The summed E-state index contributed by atoms with van der Waals surface area (Å²) in [6.07, 6.45) is 1.49. The van der Waals surface area contributed by atoms with Crippen LogP contribution in [0.4, 0.5) is 5.69 Å². The van der Waals surface area contributed by atoms with E-state index in [1.807, 2.05) is 18.2 Å². The van der Waals surface area contributed by atoms with E-state index in [9.17, 15) is 13.2 Å². The smallest absolute Gasteiger partial charge is 0.240 e. The number of carbonyl (C=O) groups excluding carboxylic acids is 1. The second-order valence-corrected chi connectivity index (χ2v) is 8.35. The van der Waals surface area contributed by atoms with Gasteiger partial charge >= 0.3 is 0 Å². The molecular formula is C19H20N2O5S. The van der Waals surface area contributed by atoms with Crippen LogP contribution in [0.5, 0.6) is 11.5 Å². The van der Waals surface area contributed by atoms with Crippen molar-refractivity contribution in [3.63, 3.8) is 0 Å². The zero-order valence-corrected chi connectivity index (χ0v) is 15.7. The molecule has 0 aromatic heterocycles. The summed E-state index contributed by atoms with van der Waals surface area (Å²) in [6, 6.07) is 10.5. The number of ether oxygens (including phenoxy) is 2. The van der Waals surface area contributed by atoms with E-state index in [0.717, 1.165) is 16.8 Å². The lowest BCUT2D eigenvalue weighted by Gasteiger charge is -2.26. The van der Waals surface area contributed by atoms with Crippen molar-refractivity contribution in [2.75, 3.05) is 25.3 Å². The van der Waals surface area contributed by atoms with Gasteiger partial charge in [0.1, 0.15) is 0 Å². The third-order valence-corrected chi connectivity index (χ3v) is 6.31. The molecule has 142 valence electrons. The van der Waals surface area contributed by atoms with Gasteiger partial charge in [0.25, 0.3) is 0 Å². The van der Waals surface area contributed by atoms with Crippen molar-refractivity contribution >= 4 is 21.6 Å². The molecule has 8 heteroatoms. The predicted octanol–water partition coefficient (Wildman–Crippen LogP) is 1.85. The van der Waals surface area contributed by atoms with E-state index in [-0.39, 0.29) is 24.1 Å². The number of rotatable bonds is 5. The van der Waals surface area contributed by atoms with Gasteiger partial charge in [-0.05, 0) is 54.3 Å². The van der Waals surface area contributed by atoms with E-state index in [4.69, 9.17) is 9.47 Å². The van der Waals surface area contributed by atoms with E-state index in [0.29, 0.717) is 30.8 Å². The summed E-state index contributed by atoms with van der Waals surface area (Å²) in [5, 5.41) is 0. The van der Waals surface area contributed by atoms with E-state index in [1.165, 1.54) is 6.07 Å². The lowest BCUT2D eigenvalue weighted by Crippen LogP contribution is -2.31. The Kier molecular flexibility index (Phi) is 4.53. The fourth-order valence-corrected chi connectivity index (χ4v) is 4.39. The monoisotopic (exact) mass is 388 g/mol. The van der Waals surface area contributed by atoms with Crippen molar-refractivity contribution in [3.05, 3.63) is 47.5 Å². The third-order valence-electron chi connectivity index (χ3n) is 4.85. The first-order valence-corrected chi connectivity index (χ1v) is 10.2. The van der Waals surface area contributed by atoms with Gasteiger partial charge in [-0.1, -0.05) is 6.07 Å². The highest BCUT2D eigenvalue weighted by molar-refractivity contribution is 7.89. The minimum absolute atomic E-state index is 0.0416. The fourth-order valence-electron chi connectivity index (χ4n) is 3.31. The SMILES string of the molecule is CN1C(=O)CCc2cc(S(=O)(=O)NCCc3ccc4c(c3)OCO4)ccc21. The second-order valence-electron chi connectivity index (χ2n) is 6.58. The molecule has 0 bridgehead atoms. The number of nitrogens with zero attached hydrogens (tertiary/aromatic N) is 1. The minimum atomic E-state index is -3.62. The summed E-state index contributed by atoms with van der Waals surface area (Å²) in [4.78, 5) is 13.6. The Hall–Kier alpha value is -2.58. The van der Waals surface area contributed by atoms with Gasteiger partial charge in [0.15, 0.2) is 11.5 Å². The molecule has 0 unspecified atom stereocenters. The molecule has 2 heterocycles. The second kappa shape index (κ2) is 6.86. The molecule has 2 aliphatic heterocycles. The Morgan fingerprint density at radius 3 is 2.74 bits per heavy atom. The Balaban J connectivity index is 1.44. The average Bonchev–Trinajstić information content (AvgIpc) is 3.12. The maximum absolute atomic E-state index is 12.6. The maximum Gasteiger partial charge on any atom is 0.240 e. The topological polar surface area (TPSA) is 84.9 Å². The molecule has 2 aliphatic rings. The van der Waals surface area contributed by atoms with Gasteiger partial charge in [-0.3, -0.25) is 4.79 Å². The molecule has 0 aliphatic carbocycles. The molecule has 1 N–H and O–H groups in total. The predicted molar refractivity (Wildman–Crippen MR) is 99.6 cm³/mol. The number of hydrogen-bond acceptors (Lipinski definition) is 5.